The molecule has 1 heterocycles. The quantitative estimate of drug-likeness (QED) is 0.427. The first-order valence-corrected chi connectivity index (χ1v) is 13.3. The second kappa shape index (κ2) is 10.7. The predicted molar refractivity (Wildman–Crippen MR) is 137 cm³/mol. The normalized spacial score (nSPS) is 32.6. The van der Waals surface area contributed by atoms with E-state index >= 15 is 0 Å². The van der Waals surface area contributed by atoms with Gasteiger partial charge in [-0.2, -0.15) is 0 Å². The predicted octanol–water partition coefficient (Wildman–Crippen LogP) is 4.73. The van der Waals surface area contributed by atoms with Gasteiger partial charge in [-0.25, -0.2) is 0 Å². The van der Waals surface area contributed by atoms with Crippen molar-refractivity contribution in [3.05, 3.63) is 33.9 Å². The van der Waals surface area contributed by atoms with E-state index < -0.39 is 36.5 Å². The van der Waals surface area contributed by atoms with Crippen molar-refractivity contribution in [2.75, 3.05) is 6.61 Å². The Kier molecular flexibility index (Phi) is 7.91. The number of rotatable bonds is 5. The smallest absolute Gasteiger partial charge is 0.303 e. The van der Waals surface area contributed by atoms with Crippen LogP contribution in [0.3, 0.4) is 0 Å². The number of phenolic OH excluding ortho intramolecular Hbond substituents is 1. The van der Waals surface area contributed by atoms with Crippen molar-refractivity contribution in [2.24, 2.45) is 5.92 Å². The molecule has 2 aliphatic carbocycles. The van der Waals surface area contributed by atoms with Gasteiger partial charge in [0.15, 0.2) is 23.7 Å². The molecular weight excluding hydrogens is 476 g/mol. The average molecular weight is 517 g/mol. The maximum Gasteiger partial charge on any atom is 0.303 e. The second-order valence-electron chi connectivity index (χ2n) is 11.2. The molecule has 0 radical (unpaired) electrons. The summed E-state index contributed by atoms with van der Waals surface area (Å²) in [4.78, 5) is 23.3. The van der Waals surface area contributed by atoms with E-state index in [0.717, 1.165) is 30.4 Å². The zero-order valence-corrected chi connectivity index (χ0v) is 22.9. The minimum absolute atomic E-state index is 0.0836. The Bertz CT molecular complexity index is 1090. The molecule has 1 aromatic rings. The zero-order chi connectivity index (χ0) is 27.2. The number of ether oxygens (including phenoxy) is 4. The third kappa shape index (κ3) is 5.23. The summed E-state index contributed by atoms with van der Waals surface area (Å²) < 4.78 is 22.6. The van der Waals surface area contributed by atoms with Crippen molar-refractivity contribution in [1.82, 2.24) is 0 Å². The molecule has 0 amide bonds. The van der Waals surface area contributed by atoms with Gasteiger partial charge in [0.05, 0.1) is 6.61 Å². The fourth-order valence-electron chi connectivity index (χ4n) is 6.55. The molecule has 3 aliphatic rings. The molecule has 1 saturated heterocycles. The lowest BCUT2D eigenvalue weighted by atomic mass is 9.62. The fourth-order valence-corrected chi connectivity index (χ4v) is 6.55. The van der Waals surface area contributed by atoms with Crippen LogP contribution in [0, 0.1) is 12.8 Å². The van der Waals surface area contributed by atoms with Crippen LogP contribution in [0.25, 0.3) is 0 Å². The highest BCUT2D eigenvalue weighted by molar-refractivity contribution is 5.67. The Morgan fingerprint density at radius 1 is 1.00 bits per heavy atom. The van der Waals surface area contributed by atoms with Crippen LogP contribution in [0.2, 0.25) is 0 Å². The van der Waals surface area contributed by atoms with Crippen LogP contribution < -0.4 is 4.74 Å². The van der Waals surface area contributed by atoms with E-state index in [1.54, 1.807) is 0 Å². The van der Waals surface area contributed by atoms with Gasteiger partial charge >= 0.3 is 11.9 Å². The molecule has 1 aromatic carbocycles. The first-order chi connectivity index (χ1) is 17.4. The van der Waals surface area contributed by atoms with Crippen LogP contribution in [0.15, 0.2) is 11.6 Å². The van der Waals surface area contributed by atoms with Crippen molar-refractivity contribution in [3.8, 4) is 11.5 Å². The molecule has 8 nitrogen and oxygen atoms in total. The summed E-state index contributed by atoms with van der Waals surface area (Å²) in [5, 5.41) is 22.5. The number of phenols is 1. The number of aromatic hydroxyl groups is 1. The Balaban J connectivity index is 1.80. The summed E-state index contributed by atoms with van der Waals surface area (Å²) in [6.45, 7) is 12.9. The number of hydrogen-bond donors (Lipinski definition) is 2. The lowest BCUT2D eigenvalue weighted by Gasteiger charge is -2.44. The molecule has 8 unspecified atom stereocenters. The van der Waals surface area contributed by atoms with E-state index in [4.69, 9.17) is 18.9 Å². The molecule has 0 saturated carbocycles. The van der Waals surface area contributed by atoms with E-state index in [1.165, 1.54) is 30.5 Å². The molecule has 8 heteroatoms. The van der Waals surface area contributed by atoms with Gasteiger partial charge in [0, 0.05) is 25.3 Å². The average Bonchev–Trinajstić information content (AvgIpc) is 2.79. The van der Waals surface area contributed by atoms with E-state index in [-0.39, 0.29) is 29.9 Å². The SMILES string of the molecule is CC(=O)OC1COC(Oc2c(C)c3c4c(c2O)C(C)CCC4C(C)CC3C=C(C)C)C(OC(C)=O)C1O. The standard InChI is InChI=1S/C29H40O8/c1-13(2)10-19-11-15(4)20-9-8-14(3)22-24(20)23(19)16(5)27(26(22)33)37-29-28(36-18(7)31)25(32)21(12-34-29)35-17(6)30/h10,14-15,19-21,25,28-29,32-33H,8-9,11-12H2,1-7H3. The van der Waals surface area contributed by atoms with Crippen molar-refractivity contribution in [1.29, 1.82) is 0 Å². The topological polar surface area (TPSA) is 112 Å². The third-order valence-corrected chi connectivity index (χ3v) is 8.05. The van der Waals surface area contributed by atoms with Crippen LogP contribution in [-0.2, 0) is 23.8 Å². The Labute approximate surface area is 218 Å². The fraction of sp³-hybridized carbons (Fsp3) is 0.655. The van der Waals surface area contributed by atoms with Gasteiger partial charge in [-0.1, -0.05) is 25.5 Å². The lowest BCUT2D eigenvalue weighted by Crippen LogP contribution is -2.57. The summed E-state index contributed by atoms with van der Waals surface area (Å²) in [5.74, 6) is 0.360. The molecule has 204 valence electrons. The van der Waals surface area contributed by atoms with Crippen LogP contribution in [0.5, 0.6) is 11.5 Å². The van der Waals surface area contributed by atoms with Crippen LogP contribution in [0.4, 0.5) is 0 Å². The van der Waals surface area contributed by atoms with Gasteiger partial charge in [-0.3, -0.25) is 9.59 Å². The van der Waals surface area contributed by atoms with Crippen LogP contribution >= 0.6 is 0 Å². The minimum Gasteiger partial charge on any atom is -0.504 e. The number of aliphatic hydroxyl groups excluding tert-OH is 1. The number of carbonyl (C=O) groups excluding carboxylic acids is 2. The van der Waals surface area contributed by atoms with E-state index in [0.29, 0.717) is 11.8 Å². The largest absolute Gasteiger partial charge is 0.504 e. The first-order valence-electron chi connectivity index (χ1n) is 13.3. The number of hydrogen-bond acceptors (Lipinski definition) is 8. The highest BCUT2D eigenvalue weighted by Gasteiger charge is 2.47. The summed E-state index contributed by atoms with van der Waals surface area (Å²) >= 11 is 0. The Morgan fingerprint density at radius 2 is 1.68 bits per heavy atom. The third-order valence-electron chi connectivity index (χ3n) is 8.05. The summed E-state index contributed by atoms with van der Waals surface area (Å²) in [5.41, 5.74) is 5.42. The van der Waals surface area contributed by atoms with Gasteiger partial charge in [0.2, 0.25) is 6.29 Å². The Hall–Kier alpha value is -2.58. The summed E-state index contributed by atoms with van der Waals surface area (Å²) in [7, 11) is 0. The summed E-state index contributed by atoms with van der Waals surface area (Å²) in [6.07, 6.45) is 0.566. The zero-order valence-electron chi connectivity index (χ0n) is 22.9. The molecule has 0 aromatic heterocycles. The van der Waals surface area contributed by atoms with Gasteiger partial charge in [0.1, 0.15) is 6.10 Å². The van der Waals surface area contributed by atoms with Gasteiger partial charge in [0.25, 0.3) is 0 Å². The van der Waals surface area contributed by atoms with Crippen LogP contribution in [-0.4, -0.2) is 53.4 Å². The van der Waals surface area contributed by atoms with E-state index in [2.05, 4.69) is 33.8 Å². The molecular formula is C29H40O8. The number of allylic oxidation sites excluding steroid dienone is 2. The van der Waals surface area contributed by atoms with E-state index in [1.807, 2.05) is 6.92 Å². The number of benzene rings is 1. The van der Waals surface area contributed by atoms with E-state index in [9.17, 15) is 19.8 Å². The second-order valence-corrected chi connectivity index (χ2v) is 11.2. The van der Waals surface area contributed by atoms with Gasteiger partial charge in [-0.05, 0) is 74.5 Å². The molecule has 0 spiro atoms. The summed E-state index contributed by atoms with van der Waals surface area (Å²) in [6, 6.07) is 0. The molecule has 37 heavy (non-hydrogen) atoms. The molecule has 2 N–H and O–H groups in total. The number of esters is 2. The number of carbonyl (C=O) groups is 2. The highest BCUT2D eigenvalue weighted by Crippen LogP contribution is 2.58. The maximum atomic E-state index is 11.9. The molecule has 4 rings (SSSR count). The lowest BCUT2D eigenvalue weighted by molar-refractivity contribution is -0.255. The van der Waals surface area contributed by atoms with Crippen LogP contribution in [0.1, 0.15) is 101 Å². The first kappa shape index (κ1) is 27.5. The van der Waals surface area contributed by atoms with Crippen molar-refractivity contribution in [3.63, 3.8) is 0 Å². The van der Waals surface area contributed by atoms with Gasteiger partial charge in [-0.15, -0.1) is 0 Å². The molecule has 0 bridgehead atoms. The van der Waals surface area contributed by atoms with Crippen molar-refractivity contribution in [2.45, 2.75) is 110 Å². The number of aliphatic hydroxyl groups is 1. The maximum absolute atomic E-state index is 11.9. The molecule has 1 aliphatic heterocycles. The molecule has 8 atom stereocenters. The molecule has 1 fully saturated rings. The van der Waals surface area contributed by atoms with Crippen molar-refractivity contribution < 1.29 is 38.7 Å². The van der Waals surface area contributed by atoms with Gasteiger partial charge < -0.3 is 29.2 Å². The minimum atomic E-state index is -1.35. The Morgan fingerprint density at radius 3 is 2.30 bits per heavy atom. The monoisotopic (exact) mass is 516 g/mol. The highest BCUT2D eigenvalue weighted by atomic mass is 16.7. The van der Waals surface area contributed by atoms with Crippen molar-refractivity contribution >= 4 is 11.9 Å².